The molecular weight excluding hydrogens is 301 g/mol. The van der Waals surface area contributed by atoms with Crippen molar-refractivity contribution in [1.29, 1.82) is 0 Å². The van der Waals surface area contributed by atoms with Gasteiger partial charge in [0, 0.05) is 0 Å². The summed E-state index contributed by atoms with van der Waals surface area (Å²) in [6.45, 7) is 0. The molecule has 1 heterocycles. The van der Waals surface area contributed by atoms with Crippen molar-refractivity contribution in [2.75, 3.05) is 7.11 Å². The van der Waals surface area contributed by atoms with Crippen LogP contribution in [0.2, 0.25) is 0 Å². The smallest absolute Gasteiger partial charge is 0.480 e. The van der Waals surface area contributed by atoms with Gasteiger partial charge in [-0.1, -0.05) is 6.07 Å². The number of methoxy groups -OCH3 is 1. The van der Waals surface area contributed by atoms with Crippen LogP contribution in [0, 0.1) is 0 Å². The second kappa shape index (κ2) is 4.78. The minimum Gasteiger partial charge on any atom is -0.480 e. The van der Waals surface area contributed by atoms with E-state index in [-0.39, 0.29) is 16.9 Å². The largest absolute Gasteiger partial charge is 0.534 e. The highest BCUT2D eigenvalue weighted by molar-refractivity contribution is 7.88. The molecule has 0 unspecified atom stereocenters. The van der Waals surface area contributed by atoms with E-state index in [1.807, 2.05) is 0 Å². The Morgan fingerprint density at radius 3 is 2.55 bits per heavy atom. The maximum atomic E-state index is 12.3. The van der Waals surface area contributed by atoms with E-state index in [1.54, 1.807) is 0 Å². The minimum atomic E-state index is -5.77. The lowest BCUT2D eigenvalue weighted by molar-refractivity contribution is -0.0499. The number of nitrogens with zero attached hydrogens (tertiary/aromatic N) is 2. The average molecular weight is 308 g/mol. The van der Waals surface area contributed by atoms with E-state index in [9.17, 15) is 21.6 Å². The van der Waals surface area contributed by atoms with E-state index in [2.05, 4.69) is 14.2 Å². The molecule has 0 fully saturated rings. The molecule has 1 aromatic heterocycles. The van der Waals surface area contributed by atoms with E-state index in [0.29, 0.717) is 0 Å². The Kier molecular flexibility index (Phi) is 3.42. The predicted octanol–water partition coefficient (Wildman–Crippen LogP) is 1.87. The van der Waals surface area contributed by atoms with E-state index in [4.69, 9.17) is 4.74 Å². The van der Waals surface area contributed by atoms with Gasteiger partial charge in [-0.2, -0.15) is 21.6 Å². The average Bonchev–Trinajstić information content (AvgIpc) is 2.37. The summed E-state index contributed by atoms with van der Waals surface area (Å²) in [5.41, 5.74) is -5.51. The van der Waals surface area contributed by atoms with Crippen molar-refractivity contribution in [3.05, 3.63) is 24.4 Å². The molecule has 0 radical (unpaired) electrons. The summed E-state index contributed by atoms with van der Waals surface area (Å²) in [6.07, 6.45) is 1.24. The highest BCUT2D eigenvalue weighted by Gasteiger charge is 2.48. The van der Waals surface area contributed by atoms with E-state index < -0.39 is 21.4 Å². The molecule has 108 valence electrons. The fourth-order valence-corrected chi connectivity index (χ4v) is 1.79. The van der Waals surface area contributed by atoms with Gasteiger partial charge in [-0.15, -0.1) is 0 Å². The standard InChI is InChI=1S/C10H7F3N2O4S/c1-18-8-5-14-6-3-2-4-7(9(6)15-8)19-20(16,17)10(11,12)13/h2-5H,1H3. The normalized spacial score (nSPS) is 12.4. The first-order valence-electron chi connectivity index (χ1n) is 5.05. The first-order chi connectivity index (χ1) is 9.24. The first kappa shape index (κ1) is 14.3. The van der Waals surface area contributed by atoms with Crippen LogP contribution in [0.15, 0.2) is 24.4 Å². The van der Waals surface area contributed by atoms with Gasteiger partial charge in [0.15, 0.2) is 5.75 Å². The summed E-state index contributed by atoms with van der Waals surface area (Å²) in [5, 5.41) is 0. The van der Waals surface area contributed by atoms with Crippen molar-refractivity contribution in [2.45, 2.75) is 5.51 Å². The zero-order valence-electron chi connectivity index (χ0n) is 9.88. The van der Waals surface area contributed by atoms with Crippen LogP contribution in [0.4, 0.5) is 13.2 Å². The molecular formula is C10H7F3N2O4S. The molecule has 0 aliphatic carbocycles. The summed E-state index contributed by atoms with van der Waals surface area (Å²) in [6, 6.07) is 3.78. The summed E-state index contributed by atoms with van der Waals surface area (Å²) in [5.74, 6) is -0.566. The zero-order valence-corrected chi connectivity index (χ0v) is 10.7. The van der Waals surface area contributed by atoms with Gasteiger partial charge in [-0.05, 0) is 12.1 Å². The summed E-state index contributed by atoms with van der Waals surface area (Å²) in [4.78, 5) is 7.68. The third kappa shape index (κ3) is 2.59. The quantitative estimate of drug-likeness (QED) is 0.636. The third-order valence-electron chi connectivity index (χ3n) is 2.21. The molecule has 0 aliphatic rings. The van der Waals surface area contributed by atoms with Gasteiger partial charge in [0.2, 0.25) is 5.88 Å². The van der Waals surface area contributed by atoms with Gasteiger partial charge >= 0.3 is 15.6 Å². The lowest BCUT2D eigenvalue weighted by Crippen LogP contribution is -2.28. The number of para-hydroxylation sites is 1. The molecule has 0 spiro atoms. The molecule has 0 saturated heterocycles. The van der Waals surface area contributed by atoms with E-state index in [0.717, 1.165) is 6.07 Å². The molecule has 0 bridgehead atoms. The van der Waals surface area contributed by atoms with E-state index >= 15 is 0 Å². The first-order valence-corrected chi connectivity index (χ1v) is 6.46. The number of fused-ring (bicyclic) bond motifs is 1. The lowest BCUT2D eigenvalue weighted by Gasteiger charge is -2.10. The summed E-state index contributed by atoms with van der Waals surface area (Å²) in [7, 11) is -4.49. The minimum absolute atomic E-state index is 0.0120. The van der Waals surface area contributed by atoms with Crippen molar-refractivity contribution in [3.8, 4) is 11.6 Å². The van der Waals surface area contributed by atoms with E-state index in [1.165, 1.54) is 25.4 Å². The Balaban J connectivity index is 2.55. The fourth-order valence-electron chi connectivity index (χ4n) is 1.32. The zero-order chi connectivity index (χ0) is 15.0. The number of benzene rings is 1. The maximum absolute atomic E-state index is 12.3. The highest BCUT2D eigenvalue weighted by Crippen LogP contribution is 2.30. The van der Waals surface area contributed by atoms with Crippen molar-refractivity contribution in [1.82, 2.24) is 9.97 Å². The van der Waals surface area contributed by atoms with Gasteiger partial charge in [0.05, 0.1) is 18.8 Å². The highest BCUT2D eigenvalue weighted by atomic mass is 32.2. The van der Waals surface area contributed by atoms with Gasteiger partial charge in [-0.25, -0.2) is 9.97 Å². The van der Waals surface area contributed by atoms with Crippen LogP contribution >= 0.6 is 0 Å². The molecule has 0 atom stereocenters. The number of halogens is 3. The van der Waals surface area contributed by atoms with Crippen LogP contribution in [-0.4, -0.2) is 31.0 Å². The molecule has 10 heteroatoms. The van der Waals surface area contributed by atoms with Crippen molar-refractivity contribution < 1.29 is 30.5 Å². The third-order valence-corrected chi connectivity index (χ3v) is 3.17. The number of ether oxygens (including phenoxy) is 1. The second-order valence-electron chi connectivity index (χ2n) is 3.52. The van der Waals surface area contributed by atoms with Crippen molar-refractivity contribution in [2.24, 2.45) is 0 Å². The van der Waals surface area contributed by atoms with Crippen molar-refractivity contribution >= 4 is 21.2 Å². The Morgan fingerprint density at radius 1 is 1.25 bits per heavy atom. The van der Waals surface area contributed by atoms with Crippen LogP contribution < -0.4 is 8.92 Å². The Bertz CT molecular complexity index is 746. The Hall–Kier alpha value is -2.10. The number of rotatable bonds is 3. The molecule has 1 aromatic carbocycles. The second-order valence-corrected chi connectivity index (χ2v) is 5.06. The SMILES string of the molecule is COc1cnc2cccc(OS(=O)(=O)C(F)(F)F)c2n1. The predicted molar refractivity (Wildman–Crippen MR) is 61.7 cm³/mol. The van der Waals surface area contributed by atoms with Crippen LogP contribution in [-0.2, 0) is 10.1 Å². The monoisotopic (exact) mass is 308 g/mol. The molecule has 20 heavy (non-hydrogen) atoms. The van der Waals surface area contributed by atoms with Crippen LogP contribution in [0.25, 0.3) is 11.0 Å². The molecule has 0 amide bonds. The molecule has 0 N–H and O–H groups in total. The number of hydrogen-bond donors (Lipinski definition) is 0. The number of hydrogen-bond acceptors (Lipinski definition) is 6. The van der Waals surface area contributed by atoms with Crippen LogP contribution in [0.1, 0.15) is 0 Å². The van der Waals surface area contributed by atoms with Gasteiger partial charge in [0.25, 0.3) is 0 Å². The number of aromatic nitrogens is 2. The Labute approximate surface area is 111 Å². The molecule has 0 saturated carbocycles. The summed E-state index contributed by atoms with van der Waals surface area (Å²) >= 11 is 0. The number of alkyl halides is 3. The maximum Gasteiger partial charge on any atom is 0.534 e. The topological polar surface area (TPSA) is 78.4 Å². The molecule has 2 aromatic rings. The van der Waals surface area contributed by atoms with Gasteiger partial charge in [0.1, 0.15) is 5.52 Å². The lowest BCUT2D eigenvalue weighted by atomic mass is 10.3. The molecule has 0 aliphatic heterocycles. The van der Waals surface area contributed by atoms with Crippen LogP contribution in [0.5, 0.6) is 11.6 Å². The van der Waals surface area contributed by atoms with Gasteiger partial charge in [-0.3, -0.25) is 0 Å². The van der Waals surface area contributed by atoms with Crippen LogP contribution in [0.3, 0.4) is 0 Å². The van der Waals surface area contributed by atoms with Crippen molar-refractivity contribution in [3.63, 3.8) is 0 Å². The molecule has 6 nitrogen and oxygen atoms in total. The summed E-state index contributed by atoms with van der Waals surface area (Å²) < 4.78 is 67.7. The molecule has 2 rings (SSSR count). The van der Waals surface area contributed by atoms with Gasteiger partial charge < -0.3 is 8.92 Å². The Morgan fingerprint density at radius 2 is 1.95 bits per heavy atom. The fraction of sp³-hybridized carbons (Fsp3) is 0.200.